The fraction of sp³-hybridized carbons (Fsp3) is 0.261. The third kappa shape index (κ3) is 3.66. The maximum Gasteiger partial charge on any atom is 0.163 e. The molecule has 8 heteroatoms. The average molecular weight is 413 g/mol. The summed E-state index contributed by atoms with van der Waals surface area (Å²) in [4.78, 5) is 8.84. The van der Waals surface area contributed by atoms with Crippen LogP contribution in [0.1, 0.15) is 33.9 Å². The van der Waals surface area contributed by atoms with Crippen LogP contribution in [0.15, 0.2) is 36.7 Å². The Labute approximate surface area is 180 Å². The standard InChI is InChI=1S/C23H23N7O/c1-14-20(28-29(4)22(14)18-8-6-17(12-24)7-9-18)10-19-11-21(26-13-25-19)30-16(3)23(31-5)15(2)27-30/h6-9,11,13H,10H2,1-5H3. The number of ether oxygens (including phenoxy) is 1. The molecule has 3 aromatic heterocycles. The van der Waals surface area contributed by atoms with Crippen LogP contribution in [0, 0.1) is 32.1 Å². The molecule has 1 aromatic carbocycles. The minimum absolute atomic E-state index is 0.571. The van der Waals surface area contributed by atoms with E-state index in [9.17, 15) is 0 Å². The van der Waals surface area contributed by atoms with Crippen molar-refractivity contribution < 1.29 is 4.74 Å². The summed E-state index contributed by atoms with van der Waals surface area (Å²) in [5, 5.41) is 18.3. The van der Waals surface area contributed by atoms with Gasteiger partial charge in [-0.05, 0) is 38.5 Å². The molecule has 0 aliphatic heterocycles. The number of aryl methyl sites for hydroxylation is 2. The van der Waals surface area contributed by atoms with Crippen LogP contribution in [0.4, 0.5) is 0 Å². The molecule has 0 bridgehead atoms. The van der Waals surface area contributed by atoms with Gasteiger partial charge in [-0.2, -0.15) is 15.5 Å². The Balaban J connectivity index is 1.66. The van der Waals surface area contributed by atoms with Gasteiger partial charge in [0.1, 0.15) is 12.0 Å². The van der Waals surface area contributed by atoms with Gasteiger partial charge in [0.2, 0.25) is 0 Å². The number of hydrogen-bond acceptors (Lipinski definition) is 6. The van der Waals surface area contributed by atoms with Gasteiger partial charge in [0.25, 0.3) is 0 Å². The molecule has 0 fully saturated rings. The van der Waals surface area contributed by atoms with E-state index < -0.39 is 0 Å². The summed E-state index contributed by atoms with van der Waals surface area (Å²) >= 11 is 0. The van der Waals surface area contributed by atoms with E-state index in [4.69, 9.17) is 15.1 Å². The molecule has 0 spiro atoms. The molecule has 0 aliphatic rings. The molecule has 4 rings (SSSR count). The molecule has 0 N–H and O–H groups in total. The van der Waals surface area contributed by atoms with E-state index in [1.165, 1.54) is 0 Å². The topological polar surface area (TPSA) is 94.4 Å². The quantitative estimate of drug-likeness (QED) is 0.497. The zero-order valence-corrected chi connectivity index (χ0v) is 18.2. The lowest BCUT2D eigenvalue weighted by Gasteiger charge is -2.06. The summed E-state index contributed by atoms with van der Waals surface area (Å²) in [6.07, 6.45) is 2.12. The highest BCUT2D eigenvalue weighted by Crippen LogP contribution is 2.27. The predicted octanol–water partition coefficient (Wildman–Crippen LogP) is 3.46. The van der Waals surface area contributed by atoms with Gasteiger partial charge in [0.05, 0.1) is 41.5 Å². The molecule has 4 aromatic rings. The molecule has 0 atom stereocenters. The van der Waals surface area contributed by atoms with Crippen LogP contribution in [0.3, 0.4) is 0 Å². The third-order valence-electron chi connectivity index (χ3n) is 5.37. The third-order valence-corrected chi connectivity index (χ3v) is 5.37. The lowest BCUT2D eigenvalue weighted by Crippen LogP contribution is -2.05. The predicted molar refractivity (Wildman–Crippen MR) is 116 cm³/mol. The molecule has 0 radical (unpaired) electrons. The van der Waals surface area contributed by atoms with E-state index in [2.05, 4.69) is 28.1 Å². The first kappa shape index (κ1) is 20.3. The Morgan fingerprint density at radius 1 is 1.06 bits per heavy atom. The SMILES string of the molecule is COc1c(C)nn(-c2cc(Cc3nn(C)c(-c4ccc(C#N)cc4)c3C)ncn2)c1C. The second-order valence-corrected chi connectivity index (χ2v) is 7.39. The van der Waals surface area contributed by atoms with Gasteiger partial charge in [-0.15, -0.1) is 0 Å². The van der Waals surface area contributed by atoms with Crippen LogP contribution >= 0.6 is 0 Å². The van der Waals surface area contributed by atoms with Gasteiger partial charge >= 0.3 is 0 Å². The monoisotopic (exact) mass is 413 g/mol. The molecular weight excluding hydrogens is 390 g/mol. The Hall–Kier alpha value is -3.99. The van der Waals surface area contributed by atoms with Crippen LogP contribution in [0.25, 0.3) is 17.1 Å². The van der Waals surface area contributed by atoms with Crippen molar-refractivity contribution in [2.45, 2.75) is 27.2 Å². The molecule has 0 saturated heterocycles. The minimum Gasteiger partial charge on any atom is -0.493 e. The summed E-state index contributed by atoms with van der Waals surface area (Å²) in [5.74, 6) is 1.45. The smallest absolute Gasteiger partial charge is 0.163 e. The van der Waals surface area contributed by atoms with E-state index in [1.807, 2.05) is 55.9 Å². The van der Waals surface area contributed by atoms with Crippen molar-refractivity contribution in [1.29, 1.82) is 5.26 Å². The fourth-order valence-corrected chi connectivity index (χ4v) is 3.88. The van der Waals surface area contributed by atoms with Crippen molar-refractivity contribution in [1.82, 2.24) is 29.5 Å². The van der Waals surface area contributed by atoms with Crippen LogP contribution in [0.5, 0.6) is 5.75 Å². The van der Waals surface area contributed by atoms with Crippen molar-refractivity contribution in [3.63, 3.8) is 0 Å². The molecule has 31 heavy (non-hydrogen) atoms. The Bertz CT molecular complexity index is 1290. The summed E-state index contributed by atoms with van der Waals surface area (Å²) < 4.78 is 9.08. The van der Waals surface area contributed by atoms with Crippen LogP contribution in [0.2, 0.25) is 0 Å². The summed E-state index contributed by atoms with van der Waals surface area (Å²) in [6.45, 7) is 5.92. The second-order valence-electron chi connectivity index (χ2n) is 7.39. The number of benzene rings is 1. The van der Waals surface area contributed by atoms with Crippen LogP contribution in [-0.4, -0.2) is 36.6 Å². The number of nitrogens with zero attached hydrogens (tertiary/aromatic N) is 7. The molecule has 0 unspecified atom stereocenters. The second kappa shape index (κ2) is 8.03. The minimum atomic E-state index is 0.571. The van der Waals surface area contributed by atoms with Crippen LogP contribution < -0.4 is 4.74 Å². The molecule has 156 valence electrons. The highest BCUT2D eigenvalue weighted by atomic mass is 16.5. The van der Waals surface area contributed by atoms with Crippen molar-refractivity contribution in [3.05, 3.63) is 70.6 Å². The molecule has 0 aliphatic carbocycles. The van der Waals surface area contributed by atoms with Crippen molar-refractivity contribution in [3.8, 4) is 28.9 Å². The zero-order chi connectivity index (χ0) is 22.1. The molecule has 8 nitrogen and oxygen atoms in total. The zero-order valence-electron chi connectivity index (χ0n) is 18.2. The van der Waals surface area contributed by atoms with Crippen molar-refractivity contribution in [2.24, 2.45) is 7.05 Å². The van der Waals surface area contributed by atoms with E-state index in [0.717, 1.165) is 45.3 Å². The van der Waals surface area contributed by atoms with E-state index in [0.29, 0.717) is 17.8 Å². The highest BCUT2D eigenvalue weighted by Gasteiger charge is 2.17. The first-order chi connectivity index (χ1) is 14.9. The Morgan fingerprint density at radius 2 is 1.81 bits per heavy atom. The molecule has 3 heterocycles. The van der Waals surface area contributed by atoms with E-state index in [1.54, 1.807) is 18.1 Å². The number of rotatable bonds is 5. The number of hydrogen-bond donors (Lipinski definition) is 0. The lowest BCUT2D eigenvalue weighted by molar-refractivity contribution is 0.408. The first-order valence-corrected chi connectivity index (χ1v) is 9.87. The maximum atomic E-state index is 9.04. The number of nitriles is 1. The summed E-state index contributed by atoms with van der Waals surface area (Å²) in [6, 6.07) is 11.6. The summed E-state index contributed by atoms with van der Waals surface area (Å²) in [5.41, 5.74) is 7.27. The molecular formula is C23H23N7O. The maximum absolute atomic E-state index is 9.04. The van der Waals surface area contributed by atoms with Gasteiger partial charge < -0.3 is 4.74 Å². The fourth-order valence-electron chi connectivity index (χ4n) is 3.88. The average Bonchev–Trinajstić information content (AvgIpc) is 3.22. The van der Waals surface area contributed by atoms with Gasteiger partial charge in [0, 0.05) is 25.1 Å². The number of aromatic nitrogens is 6. The molecule has 0 amide bonds. The Kier molecular flexibility index (Phi) is 5.26. The van der Waals surface area contributed by atoms with Gasteiger partial charge in [0.15, 0.2) is 11.6 Å². The first-order valence-electron chi connectivity index (χ1n) is 9.87. The molecule has 0 saturated carbocycles. The van der Waals surface area contributed by atoms with Gasteiger partial charge in [-0.1, -0.05) is 12.1 Å². The summed E-state index contributed by atoms with van der Waals surface area (Å²) in [7, 11) is 3.57. The van der Waals surface area contributed by atoms with E-state index in [-0.39, 0.29) is 0 Å². The normalized spacial score (nSPS) is 10.8. The largest absolute Gasteiger partial charge is 0.493 e. The highest BCUT2D eigenvalue weighted by molar-refractivity contribution is 5.65. The van der Waals surface area contributed by atoms with Crippen molar-refractivity contribution in [2.75, 3.05) is 7.11 Å². The Morgan fingerprint density at radius 3 is 2.45 bits per heavy atom. The lowest BCUT2D eigenvalue weighted by atomic mass is 10.0. The number of methoxy groups -OCH3 is 1. The van der Waals surface area contributed by atoms with Crippen LogP contribution in [-0.2, 0) is 13.5 Å². The van der Waals surface area contributed by atoms with Gasteiger partial charge in [-0.25, -0.2) is 14.6 Å². The van der Waals surface area contributed by atoms with Gasteiger partial charge in [-0.3, -0.25) is 4.68 Å². The van der Waals surface area contributed by atoms with Crippen molar-refractivity contribution >= 4 is 0 Å². The van der Waals surface area contributed by atoms with E-state index >= 15 is 0 Å².